The number of hydrogen-bond acceptors (Lipinski definition) is 3. The van der Waals surface area contributed by atoms with Crippen LogP contribution in [0.5, 0.6) is 0 Å². The molecule has 0 unspecified atom stereocenters. The van der Waals surface area contributed by atoms with E-state index in [9.17, 15) is 18.0 Å². The molecule has 0 fully saturated rings. The SMILES string of the molecule is O=C(Cc1ccc(F)c(F)c1)Nc1nc2c(nc1Cc1ccccc1)-c1ccc(F)cc1CC2. The third-order valence-corrected chi connectivity index (χ3v) is 5.81. The highest BCUT2D eigenvalue weighted by atomic mass is 19.2. The number of carbonyl (C=O) groups excluding carboxylic acids is 1. The van der Waals surface area contributed by atoms with Gasteiger partial charge in [0, 0.05) is 12.0 Å². The molecule has 0 atom stereocenters. The van der Waals surface area contributed by atoms with Gasteiger partial charge < -0.3 is 5.32 Å². The zero-order chi connectivity index (χ0) is 23.7. The second-order valence-electron chi connectivity index (χ2n) is 8.25. The Morgan fingerprint density at radius 2 is 1.68 bits per heavy atom. The zero-order valence-corrected chi connectivity index (χ0v) is 18.1. The van der Waals surface area contributed by atoms with Crippen molar-refractivity contribution >= 4 is 11.7 Å². The van der Waals surface area contributed by atoms with Gasteiger partial charge in [-0.1, -0.05) is 36.4 Å². The minimum Gasteiger partial charge on any atom is -0.309 e. The van der Waals surface area contributed by atoms with Crippen LogP contribution in [0, 0.1) is 17.5 Å². The van der Waals surface area contributed by atoms with Crippen LogP contribution in [0.25, 0.3) is 11.3 Å². The highest BCUT2D eigenvalue weighted by molar-refractivity contribution is 5.92. The number of aryl methyl sites for hydroxylation is 2. The van der Waals surface area contributed by atoms with Crippen LogP contribution in [0.4, 0.5) is 19.0 Å². The van der Waals surface area contributed by atoms with Crippen molar-refractivity contribution in [1.82, 2.24) is 9.97 Å². The fraction of sp³-hybridized carbons (Fsp3) is 0.148. The average molecular weight is 459 g/mol. The molecule has 1 aliphatic rings. The standard InChI is InChI=1S/C27H20F3N3O/c28-19-8-9-20-18(15-19)7-11-23-26(20)31-24(13-16-4-2-1-3-5-16)27(32-23)33-25(34)14-17-6-10-21(29)22(30)12-17/h1-6,8-10,12,15H,7,11,13-14H2,(H,32,33,34). The second kappa shape index (κ2) is 9.09. The van der Waals surface area contributed by atoms with E-state index in [-0.39, 0.29) is 12.2 Å². The van der Waals surface area contributed by atoms with Crippen LogP contribution >= 0.6 is 0 Å². The Bertz CT molecular complexity index is 1390. The van der Waals surface area contributed by atoms with E-state index >= 15 is 0 Å². The normalized spacial score (nSPS) is 12.1. The van der Waals surface area contributed by atoms with Crippen LogP contribution in [-0.4, -0.2) is 15.9 Å². The maximum atomic E-state index is 13.7. The van der Waals surface area contributed by atoms with Gasteiger partial charge in [-0.3, -0.25) is 4.79 Å². The highest BCUT2D eigenvalue weighted by Gasteiger charge is 2.23. The Hall–Kier alpha value is -4.00. The largest absolute Gasteiger partial charge is 0.309 e. The molecule has 3 aromatic carbocycles. The molecule has 4 aromatic rings. The van der Waals surface area contributed by atoms with Gasteiger partial charge in [-0.2, -0.15) is 0 Å². The quantitative estimate of drug-likeness (QED) is 0.433. The summed E-state index contributed by atoms with van der Waals surface area (Å²) in [4.78, 5) is 22.3. The van der Waals surface area contributed by atoms with E-state index < -0.39 is 17.5 Å². The van der Waals surface area contributed by atoms with E-state index in [4.69, 9.17) is 9.97 Å². The first-order valence-electron chi connectivity index (χ1n) is 10.9. The molecule has 0 spiro atoms. The van der Waals surface area contributed by atoms with E-state index in [0.29, 0.717) is 42.0 Å². The Kier molecular flexibility index (Phi) is 5.84. The molecular formula is C27H20F3N3O. The van der Waals surface area contributed by atoms with Gasteiger partial charge in [0.25, 0.3) is 0 Å². The molecule has 1 aliphatic carbocycles. The van der Waals surface area contributed by atoms with E-state index in [1.165, 1.54) is 18.2 Å². The van der Waals surface area contributed by atoms with Crippen LogP contribution in [0.2, 0.25) is 0 Å². The van der Waals surface area contributed by atoms with E-state index in [0.717, 1.165) is 34.5 Å². The average Bonchev–Trinajstić information content (AvgIpc) is 2.82. The number of carbonyl (C=O) groups is 1. The lowest BCUT2D eigenvalue weighted by Gasteiger charge is -2.21. The summed E-state index contributed by atoms with van der Waals surface area (Å²) < 4.78 is 40.5. The van der Waals surface area contributed by atoms with Gasteiger partial charge in [0.05, 0.1) is 23.5 Å². The van der Waals surface area contributed by atoms with Gasteiger partial charge >= 0.3 is 0 Å². The lowest BCUT2D eigenvalue weighted by Crippen LogP contribution is -2.20. The lowest BCUT2D eigenvalue weighted by atomic mass is 9.91. The first-order valence-corrected chi connectivity index (χ1v) is 10.9. The number of aromatic nitrogens is 2. The molecule has 0 saturated carbocycles. The zero-order valence-electron chi connectivity index (χ0n) is 18.1. The minimum absolute atomic E-state index is 0.136. The summed E-state index contributed by atoms with van der Waals surface area (Å²) in [6.07, 6.45) is 1.48. The molecule has 4 nitrogen and oxygen atoms in total. The van der Waals surface area contributed by atoms with Crippen molar-refractivity contribution in [2.45, 2.75) is 25.7 Å². The van der Waals surface area contributed by atoms with Gasteiger partial charge in [0.1, 0.15) is 5.82 Å². The van der Waals surface area contributed by atoms with Crippen molar-refractivity contribution in [1.29, 1.82) is 0 Å². The fourth-order valence-electron chi connectivity index (χ4n) is 4.17. The van der Waals surface area contributed by atoms with Crippen LogP contribution < -0.4 is 5.32 Å². The number of fused-ring (bicyclic) bond motifs is 3. The molecule has 5 rings (SSSR count). The van der Waals surface area contributed by atoms with Crippen LogP contribution in [0.15, 0.2) is 66.7 Å². The maximum absolute atomic E-state index is 13.7. The number of rotatable bonds is 5. The van der Waals surface area contributed by atoms with E-state index in [2.05, 4.69) is 5.32 Å². The van der Waals surface area contributed by atoms with E-state index in [1.54, 1.807) is 6.07 Å². The van der Waals surface area contributed by atoms with Crippen LogP contribution in [0.3, 0.4) is 0 Å². The Morgan fingerprint density at radius 1 is 0.853 bits per heavy atom. The molecule has 1 amide bonds. The molecular weight excluding hydrogens is 439 g/mol. The summed E-state index contributed by atoms with van der Waals surface area (Å²) in [5.41, 5.74) is 5.03. The summed E-state index contributed by atoms with van der Waals surface area (Å²) in [6.45, 7) is 0. The molecule has 170 valence electrons. The van der Waals surface area contributed by atoms with Crippen molar-refractivity contribution in [3.8, 4) is 11.3 Å². The number of amides is 1. The topological polar surface area (TPSA) is 54.9 Å². The number of benzene rings is 3. The fourth-order valence-corrected chi connectivity index (χ4v) is 4.17. The number of nitrogens with zero attached hydrogens (tertiary/aromatic N) is 2. The summed E-state index contributed by atoms with van der Waals surface area (Å²) in [5.74, 6) is -2.33. The molecule has 0 saturated heterocycles. The molecule has 0 radical (unpaired) electrons. The Morgan fingerprint density at radius 3 is 2.47 bits per heavy atom. The number of anilines is 1. The Balaban J connectivity index is 1.49. The molecule has 7 heteroatoms. The predicted octanol–water partition coefficient (Wildman–Crippen LogP) is 5.43. The molecule has 1 aromatic heterocycles. The van der Waals surface area contributed by atoms with E-state index in [1.807, 2.05) is 30.3 Å². The smallest absolute Gasteiger partial charge is 0.229 e. The van der Waals surface area contributed by atoms with Gasteiger partial charge in [-0.15, -0.1) is 0 Å². The van der Waals surface area contributed by atoms with Crippen molar-refractivity contribution in [3.63, 3.8) is 0 Å². The van der Waals surface area contributed by atoms with Crippen molar-refractivity contribution in [2.75, 3.05) is 5.32 Å². The number of nitrogens with one attached hydrogen (secondary N) is 1. The van der Waals surface area contributed by atoms with Crippen molar-refractivity contribution < 1.29 is 18.0 Å². The Labute approximate surface area is 194 Å². The van der Waals surface area contributed by atoms with Gasteiger partial charge in [-0.25, -0.2) is 23.1 Å². The monoisotopic (exact) mass is 459 g/mol. The first-order chi connectivity index (χ1) is 16.5. The van der Waals surface area contributed by atoms with Gasteiger partial charge in [0.15, 0.2) is 17.5 Å². The maximum Gasteiger partial charge on any atom is 0.229 e. The minimum atomic E-state index is -1.00. The highest BCUT2D eigenvalue weighted by Crippen LogP contribution is 2.33. The van der Waals surface area contributed by atoms with Crippen LogP contribution in [-0.2, 0) is 30.5 Å². The van der Waals surface area contributed by atoms with Crippen molar-refractivity contribution in [3.05, 3.63) is 112 Å². The third kappa shape index (κ3) is 4.55. The third-order valence-electron chi connectivity index (χ3n) is 5.81. The summed E-state index contributed by atoms with van der Waals surface area (Å²) >= 11 is 0. The van der Waals surface area contributed by atoms with Crippen molar-refractivity contribution in [2.24, 2.45) is 0 Å². The molecule has 1 N–H and O–H groups in total. The molecule has 34 heavy (non-hydrogen) atoms. The molecule has 0 aliphatic heterocycles. The molecule has 1 heterocycles. The van der Waals surface area contributed by atoms with Gasteiger partial charge in [0.2, 0.25) is 5.91 Å². The molecule has 0 bridgehead atoms. The van der Waals surface area contributed by atoms with Crippen LogP contribution in [0.1, 0.15) is 28.1 Å². The summed E-state index contributed by atoms with van der Waals surface area (Å²) in [7, 11) is 0. The first kappa shape index (κ1) is 21.8. The second-order valence-corrected chi connectivity index (χ2v) is 8.25. The summed E-state index contributed by atoms with van der Waals surface area (Å²) in [5, 5.41) is 2.81. The predicted molar refractivity (Wildman–Crippen MR) is 123 cm³/mol. The number of hydrogen-bond donors (Lipinski definition) is 1. The van der Waals surface area contributed by atoms with Gasteiger partial charge in [-0.05, 0) is 59.9 Å². The lowest BCUT2D eigenvalue weighted by molar-refractivity contribution is -0.115. The summed E-state index contributed by atoms with van der Waals surface area (Å²) in [6, 6.07) is 17.7. The number of halogens is 3.